The number of benzene rings is 2. The highest BCUT2D eigenvalue weighted by molar-refractivity contribution is 6.26. The molecule has 2 aromatic carbocycles. The van der Waals surface area contributed by atoms with Crippen LogP contribution in [0.2, 0.25) is 0 Å². The van der Waals surface area contributed by atoms with Crippen LogP contribution in [-0.4, -0.2) is 42.2 Å². The molecule has 3 aliphatic rings. The number of fused-ring (bicyclic) bond motifs is 4. The number of ether oxygens (including phenoxy) is 1. The normalized spacial score (nSPS) is 26.2. The molecule has 2 fully saturated rings. The molecule has 0 aliphatic carbocycles. The van der Waals surface area contributed by atoms with Crippen LogP contribution >= 0.6 is 0 Å². The number of rotatable bonds is 5. The van der Waals surface area contributed by atoms with Crippen molar-refractivity contribution in [2.75, 3.05) is 16.8 Å². The first kappa shape index (κ1) is 23.7. The maximum absolute atomic E-state index is 13.9. The Balaban J connectivity index is 1.60. The molecule has 36 heavy (non-hydrogen) atoms. The fourth-order valence-electron chi connectivity index (χ4n) is 5.73. The Labute approximate surface area is 207 Å². The second-order valence-electron chi connectivity index (χ2n) is 9.40. The van der Waals surface area contributed by atoms with Gasteiger partial charge in [0.25, 0.3) is 0 Å². The number of nitrogens with one attached hydrogen (secondary N) is 2. The smallest absolute Gasteiger partial charge is 0.338 e. The number of carbonyl (C=O) groups excluding carboxylic acids is 5. The van der Waals surface area contributed by atoms with Gasteiger partial charge >= 0.3 is 5.97 Å². The molecule has 0 saturated carbocycles. The summed E-state index contributed by atoms with van der Waals surface area (Å²) in [6.07, 6.45) is -0.217. The van der Waals surface area contributed by atoms with Gasteiger partial charge in [-0.3, -0.25) is 24.5 Å². The molecule has 1 spiro atoms. The number of nitrogens with two attached hydrogens (primary N) is 1. The highest BCUT2D eigenvalue weighted by atomic mass is 16.5. The van der Waals surface area contributed by atoms with E-state index in [1.54, 1.807) is 13.0 Å². The quantitative estimate of drug-likeness (QED) is 0.422. The molecule has 5 rings (SSSR count). The Morgan fingerprint density at radius 2 is 1.75 bits per heavy atom. The van der Waals surface area contributed by atoms with Crippen LogP contribution in [0.25, 0.3) is 0 Å². The second kappa shape index (κ2) is 8.27. The van der Waals surface area contributed by atoms with Crippen LogP contribution < -0.4 is 21.3 Å². The molecule has 4 atom stereocenters. The molecule has 0 radical (unpaired) electrons. The number of aryl methyl sites for hydroxylation is 1. The maximum atomic E-state index is 13.9. The van der Waals surface area contributed by atoms with Gasteiger partial charge in [0, 0.05) is 23.7 Å². The second-order valence-corrected chi connectivity index (χ2v) is 9.40. The van der Waals surface area contributed by atoms with Crippen molar-refractivity contribution in [1.82, 2.24) is 5.32 Å². The van der Waals surface area contributed by atoms with Crippen LogP contribution in [0.15, 0.2) is 36.4 Å². The van der Waals surface area contributed by atoms with Crippen molar-refractivity contribution >= 4 is 41.0 Å². The highest BCUT2D eigenvalue weighted by Gasteiger charge is 2.70. The minimum atomic E-state index is -1.52. The molecule has 10 nitrogen and oxygen atoms in total. The number of nitrogens with zero attached hydrogens (tertiary/aromatic N) is 1. The Morgan fingerprint density at radius 1 is 1.06 bits per heavy atom. The average Bonchev–Trinajstić information content (AvgIpc) is 3.41. The number of anilines is 2. The summed E-state index contributed by atoms with van der Waals surface area (Å²) in [7, 11) is 0. The minimum Gasteiger partial charge on any atom is -0.462 e. The zero-order valence-electron chi connectivity index (χ0n) is 20.1. The predicted molar refractivity (Wildman–Crippen MR) is 129 cm³/mol. The molecule has 3 heterocycles. The molecule has 0 aromatic heterocycles. The molecule has 186 valence electrons. The van der Waals surface area contributed by atoms with E-state index in [1.807, 2.05) is 19.9 Å². The number of carbonyl (C=O) groups is 5. The van der Waals surface area contributed by atoms with Gasteiger partial charge in [-0.25, -0.2) is 9.69 Å². The molecular formula is C26H26N4O6. The molecule has 4 amide bonds. The first-order chi connectivity index (χ1) is 17.1. The van der Waals surface area contributed by atoms with E-state index in [9.17, 15) is 24.0 Å². The molecule has 0 bridgehead atoms. The van der Waals surface area contributed by atoms with E-state index in [2.05, 4.69) is 10.6 Å². The number of amides is 4. The number of esters is 1. The lowest BCUT2D eigenvalue weighted by atomic mass is 9.76. The lowest BCUT2D eigenvalue weighted by molar-refractivity contribution is -0.130. The Bertz CT molecular complexity index is 1340. The van der Waals surface area contributed by atoms with Crippen molar-refractivity contribution < 1.29 is 28.7 Å². The van der Waals surface area contributed by atoms with Crippen LogP contribution in [0, 0.1) is 25.7 Å². The number of hydrogen-bond acceptors (Lipinski definition) is 7. The predicted octanol–water partition coefficient (Wildman–Crippen LogP) is 1.28. The fourth-order valence-corrected chi connectivity index (χ4v) is 5.73. The van der Waals surface area contributed by atoms with E-state index >= 15 is 0 Å². The van der Waals surface area contributed by atoms with Crippen LogP contribution in [-0.2, 0) is 29.5 Å². The Hall–Kier alpha value is -4.05. The van der Waals surface area contributed by atoms with Crippen molar-refractivity contribution in [3.8, 4) is 0 Å². The number of hydrogen-bond donors (Lipinski definition) is 3. The third-order valence-electron chi connectivity index (χ3n) is 7.48. The summed E-state index contributed by atoms with van der Waals surface area (Å²) in [5.41, 5.74) is 7.49. The third-order valence-corrected chi connectivity index (χ3v) is 7.48. The highest BCUT2D eigenvalue weighted by Crippen LogP contribution is 2.54. The molecule has 10 heteroatoms. The first-order valence-electron chi connectivity index (χ1n) is 11.7. The summed E-state index contributed by atoms with van der Waals surface area (Å²) in [6.45, 7) is 5.70. The minimum absolute atomic E-state index is 0.214. The van der Waals surface area contributed by atoms with Crippen LogP contribution in [0.5, 0.6) is 0 Å². The molecule has 2 saturated heterocycles. The van der Waals surface area contributed by atoms with Crippen molar-refractivity contribution in [1.29, 1.82) is 0 Å². The zero-order valence-corrected chi connectivity index (χ0v) is 20.1. The van der Waals surface area contributed by atoms with Gasteiger partial charge in [-0.2, -0.15) is 0 Å². The van der Waals surface area contributed by atoms with Crippen LogP contribution in [0.4, 0.5) is 11.4 Å². The van der Waals surface area contributed by atoms with Gasteiger partial charge in [-0.1, -0.05) is 12.1 Å². The van der Waals surface area contributed by atoms with E-state index in [4.69, 9.17) is 10.5 Å². The summed E-state index contributed by atoms with van der Waals surface area (Å²) < 4.78 is 4.99. The van der Waals surface area contributed by atoms with E-state index in [1.165, 1.54) is 24.3 Å². The van der Waals surface area contributed by atoms with Gasteiger partial charge in [0.15, 0.2) is 0 Å². The van der Waals surface area contributed by atoms with E-state index in [0.717, 1.165) is 16.0 Å². The van der Waals surface area contributed by atoms with E-state index in [0.29, 0.717) is 11.3 Å². The molecule has 0 unspecified atom stereocenters. The lowest BCUT2D eigenvalue weighted by Gasteiger charge is -2.29. The molecular weight excluding hydrogens is 464 g/mol. The average molecular weight is 491 g/mol. The molecule has 2 aromatic rings. The summed E-state index contributed by atoms with van der Waals surface area (Å²) >= 11 is 0. The van der Waals surface area contributed by atoms with Gasteiger partial charge in [0.05, 0.1) is 29.7 Å². The third kappa shape index (κ3) is 3.17. The Kier molecular flexibility index (Phi) is 5.44. The van der Waals surface area contributed by atoms with Crippen molar-refractivity contribution in [2.24, 2.45) is 17.6 Å². The van der Waals surface area contributed by atoms with Gasteiger partial charge in [0.2, 0.25) is 23.6 Å². The molecule has 4 N–H and O–H groups in total. The zero-order chi connectivity index (χ0) is 25.9. The first-order valence-corrected chi connectivity index (χ1v) is 11.7. The standard InChI is InChI=1S/C26H26N4O6/c1-4-36-24(34)14-6-8-15(9-7-14)30-22(32)19-17(11-18(27)31)29-26(20(19)23(30)33)16-10-5-12(2)13(3)21(16)28-25(26)35/h5-10,17,19-20,29H,4,11H2,1-3H3,(H2,27,31)(H,28,35)/t17-,19+,20-,26-/m0/s1. The topological polar surface area (TPSA) is 148 Å². The van der Waals surface area contributed by atoms with Crippen molar-refractivity contribution in [3.05, 3.63) is 58.7 Å². The van der Waals surface area contributed by atoms with Crippen LogP contribution in [0.1, 0.15) is 40.4 Å². The summed E-state index contributed by atoms with van der Waals surface area (Å²) in [5, 5.41) is 6.08. The van der Waals surface area contributed by atoms with Crippen molar-refractivity contribution in [2.45, 2.75) is 38.8 Å². The van der Waals surface area contributed by atoms with E-state index < -0.39 is 53.0 Å². The fraction of sp³-hybridized carbons (Fsp3) is 0.346. The van der Waals surface area contributed by atoms with Gasteiger partial charge in [0.1, 0.15) is 5.54 Å². The summed E-state index contributed by atoms with van der Waals surface area (Å²) in [5.74, 6) is -4.78. The number of primary amides is 1. The SMILES string of the molecule is CCOC(=O)c1ccc(N2C(=O)[C@@H]3[C@H](CC(N)=O)N[C@]4(C(=O)Nc5c4ccc(C)c5C)[C@@H]3C2=O)cc1. The Morgan fingerprint density at radius 3 is 2.39 bits per heavy atom. The van der Waals surface area contributed by atoms with Crippen molar-refractivity contribution in [3.63, 3.8) is 0 Å². The maximum Gasteiger partial charge on any atom is 0.338 e. The van der Waals surface area contributed by atoms with Gasteiger partial charge in [-0.05, 0) is 56.2 Å². The lowest BCUT2D eigenvalue weighted by Crippen LogP contribution is -2.53. The largest absolute Gasteiger partial charge is 0.462 e. The monoisotopic (exact) mass is 490 g/mol. The number of imide groups is 1. The van der Waals surface area contributed by atoms with Gasteiger partial charge in [-0.15, -0.1) is 0 Å². The van der Waals surface area contributed by atoms with E-state index in [-0.39, 0.29) is 24.3 Å². The summed E-state index contributed by atoms with van der Waals surface area (Å²) in [6, 6.07) is 8.75. The summed E-state index contributed by atoms with van der Waals surface area (Å²) in [4.78, 5) is 66.1. The van der Waals surface area contributed by atoms with Gasteiger partial charge < -0.3 is 15.8 Å². The van der Waals surface area contributed by atoms with Crippen LogP contribution in [0.3, 0.4) is 0 Å². The molecule has 3 aliphatic heterocycles.